The lowest BCUT2D eigenvalue weighted by Gasteiger charge is -2.38. The Morgan fingerprint density at radius 2 is 1.52 bits per heavy atom. The maximum Gasteiger partial charge on any atom is 0.253 e. The van der Waals surface area contributed by atoms with E-state index in [1.54, 1.807) is 0 Å². The van der Waals surface area contributed by atoms with Gasteiger partial charge in [0.25, 0.3) is 5.91 Å². The molecular weight excluding hydrogens is 454 g/mol. The summed E-state index contributed by atoms with van der Waals surface area (Å²) in [4.78, 5) is 32.1. The third-order valence-electron chi connectivity index (χ3n) is 6.56. The summed E-state index contributed by atoms with van der Waals surface area (Å²) in [5, 5.41) is 0. The van der Waals surface area contributed by atoms with Gasteiger partial charge in [0.05, 0.1) is 0 Å². The second-order valence-corrected chi connectivity index (χ2v) is 9.52. The Kier molecular flexibility index (Phi) is 7.08. The number of nitrogens with zero attached hydrogens (tertiary/aromatic N) is 3. The van der Waals surface area contributed by atoms with Crippen molar-refractivity contribution in [3.05, 3.63) is 69.7 Å². The summed E-state index contributed by atoms with van der Waals surface area (Å²) in [7, 11) is 0. The molecule has 0 radical (unpaired) electrons. The van der Waals surface area contributed by atoms with Gasteiger partial charge >= 0.3 is 0 Å². The van der Waals surface area contributed by atoms with Crippen LogP contribution in [-0.2, 0) is 11.3 Å². The van der Waals surface area contributed by atoms with Gasteiger partial charge in [0.2, 0.25) is 5.91 Å². The smallest absolute Gasteiger partial charge is 0.253 e. The molecule has 0 bridgehead atoms. The molecule has 2 aromatic rings. The van der Waals surface area contributed by atoms with Crippen molar-refractivity contribution in [3.63, 3.8) is 0 Å². The molecule has 0 atom stereocenters. The highest BCUT2D eigenvalue weighted by molar-refractivity contribution is 9.10. The van der Waals surface area contributed by atoms with Gasteiger partial charge < -0.3 is 9.80 Å². The highest BCUT2D eigenvalue weighted by Crippen LogP contribution is 2.23. The number of carbonyl (C=O) groups excluding carboxylic acids is 2. The van der Waals surface area contributed by atoms with Gasteiger partial charge in [-0.1, -0.05) is 40.2 Å². The van der Waals surface area contributed by atoms with Crippen molar-refractivity contribution in [3.8, 4) is 0 Å². The van der Waals surface area contributed by atoms with Crippen molar-refractivity contribution in [2.45, 2.75) is 26.3 Å². The number of piperazine rings is 1. The van der Waals surface area contributed by atoms with Crippen LogP contribution in [0.3, 0.4) is 0 Å². The first kappa shape index (κ1) is 22.0. The van der Waals surface area contributed by atoms with Gasteiger partial charge in [0.1, 0.15) is 0 Å². The first-order chi connectivity index (χ1) is 15.0. The molecule has 0 saturated carbocycles. The fourth-order valence-corrected chi connectivity index (χ4v) is 4.78. The third kappa shape index (κ3) is 5.36. The maximum absolute atomic E-state index is 13.1. The number of aryl methyl sites for hydroxylation is 1. The third-order valence-corrected chi connectivity index (χ3v) is 7.09. The van der Waals surface area contributed by atoms with Crippen LogP contribution in [0.25, 0.3) is 0 Å². The zero-order valence-electron chi connectivity index (χ0n) is 18.1. The first-order valence-electron chi connectivity index (χ1n) is 11.1. The van der Waals surface area contributed by atoms with E-state index in [-0.39, 0.29) is 17.7 Å². The molecule has 2 fully saturated rings. The molecule has 2 heterocycles. The number of carbonyl (C=O) groups is 2. The Morgan fingerprint density at radius 1 is 0.871 bits per heavy atom. The predicted octanol–water partition coefficient (Wildman–Crippen LogP) is 3.95. The minimum atomic E-state index is 0.0388. The van der Waals surface area contributed by atoms with Crippen LogP contribution in [-0.4, -0.2) is 65.8 Å². The van der Waals surface area contributed by atoms with Crippen molar-refractivity contribution in [1.82, 2.24) is 14.7 Å². The van der Waals surface area contributed by atoms with Crippen molar-refractivity contribution >= 4 is 27.7 Å². The molecule has 0 unspecified atom stereocenters. The molecule has 2 aromatic carbocycles. The molecule has 31 heavy (non-hydrogen) atoms. The van der Waals surface area contributed by atoms with Crippen LogP contribution in [0.15, 0.2) is 53.0 Å². The normalized spacial score (nSPS) is 18.3. The Hall–Kier alpha value is -2.18. The van der Waals surface area contributed by atoms with Gasteiger partial charge in [-0.25, -0.2) is 0 Å². The quantitative estimate of drug-likeness (QED) is 0.660. The Labute approximate surface area is 193 Å². The Balaban J connectivity index is 1.24. The summed E-state index contributed by atoms with van der Waals surface area (Å²) in [5.74, 6) is 0.367. The van der Waals surface area contributed by atoms with Gasteiger partial charge in [-0.2, -0.15) is 0 Å². The van der Waals surface area contributed by atoms with Crippen LogP contribution in [0, 0.1) is 12.8 Å². The molecule has 0 spiro atoms. The van der Waals surface area contributed by atoms with E-state index in [0.29, 0.717) is 18.7 Å². The standard InChI is InChI=1S/C25H30BrN3O2/c1-19-4-2-3-5-22(19)18-27-14-16-29(17-15-27)25(31)21-10-12-28(13-11-21)24(30)20-6-8-23(26)9-7-20/h2-9,21H,10-18H2,1H3. The summed E-state index contributed by atoms with van der Waals surface area (Å²) >= 11 is 3.41. The molecule has 0 aliphatic carbocycles. The van der Waals surface area contributed by atoms with Crippen LogP contribution in [0.1, 0.15) is 34.3 Å². The molecule has 2 saturated heterocycles. The highest BCUT2D eigenvalue weighted by atomic mass is 79.9. The predicted molar refractivity (Wildman–Crippen MR) is 126 cm³/mol. The lowest BCUT2D eigenvalue weighted by Crippen LogP contribution is -2.51. The van der Waals surface area contributed by atoms with Crippen molar-refractivity contribution in [1.29, 1.82) is 0 Å². The molecule has 0 aromatic heterocycles. The van der Waals surface area contributed by atoms with E-state index in [2.05, 4.69) is 52.0 Å². The van der Waals surface area contributed by atoms with Gasteiger partial charge in [0.15, 0.2) is 0 Å². The zero-order chi connectivity index (χ0) is 21.8. The van der Waals surface area contributed by atoms with E-state index >= 15 is 0 Å². The number of benzene rings is 2. The Bertz CT molecular complexity index is 915. The summed E-state index contributed by atoms with van der Waals surface area (Å²) in [6.45, 7) is 7.83. The highest BCUT2D eigenvalue weighted by Gasteiger charge is 2.32. The molecule has 4 rings (SSSR count). The van der Waals surface area contributed by atoms with Crippen LogP contribution in [0.2, 0.25) is 0 Å². The summed E-state index contributed by atoms with van der Waals surface area (Å²) in [6, 6.07) is 16.0. The molecule has 2 aliphatic rings. The molecule has 6 heteroatoms. The number of rotatable bonds is 4. The van der Waals surface area contributed by atoms with Crippen LogP contribution >= 0.6 is 15.9 Å². The van der Waals surface area contributed by atoms with E-state index in [4.69, 9.17) is 0 Å². The van der Waals surface area contributed by atoms with Crippen molar-refractivity contribution in [2.24, 2.45) is 5.92 Å². The van der Waals surface area contributed by atoms with Crippen molar-refractivity contribution in [2.75, 3.05) is 39.3 Å². The lowest BCUT2D eigenvalue weighted by molar-refractivity contribution is -0.138. The van der Waals surface area contributed by atoms with Crippen LogP contribution in [0.5, 0.6) is 0 Å². The first-order valence-corrected chi connectivity index (χ1v) is 11.9. The topological polar surface area (TPSA) is 43.9 Å². The average molecular weight is 484 g/mol. The van der Waals surface area contributed by atoms with Crippen LogP contribution in [0.4, 0.5) is 0 Å². The number of halogens is 1. The Morgan fingerprint density at radius 3 is 2.16 bits per heavy atom. The monoisotopic (exact) mass is 483 g/mol. The molecule has 0 N–H and O–H groups in total. The molecule has 164 valence electrons. The summed E-state index contributed by atoms with van der Waals surface area (Å²) < 4.78 is 0.965. The number of hydrogen-bond acceptors (Lipinski definition) is 3. The SMILES string of the molecule is Cc1ccccc1CN1CCN(C(=O)C2CCN(C(=O)c3ccc(Br)cc3)CC2)CC1. The van der Waals surface area contributed by atoms with Gasteiger partial charge in [-0.05, 0) is 55.2 Å². The number of amides is 2. The minimum absolute atomic E-state index is 0.0388. The van der Waals surface area contributed by atoms with E-state index in [1.165, 1.54) is 11.1 Å². The van der Waals surface area contributed by atoms with E-state index < -0.39 is 0 Å². The van der Waals surface area contributed by atoms with Gasteiger partial charge in [-0.15, -0.1) is 0 Å². The number of hydrogen-bond donors (Lipinski definition) is 0. The van der Waals surface area contributed by atoms with E-state index in [1.807, 2.05) is 34.1 Å². The van der Waals surface area contributed by atoms with Crippen molar-refractivity contribution < 1.29 is 9.59 Å². The van der Waals surface area contributed by atoms with E-state index in [9.17, 15) is 9.59 Å². The maximum atomic E-state index is 13.1. The molecule has 2 aliphatic heterocycles. The minimum Gasteiger partial charge on any atom is -0.340 e. The largest absolute Gasteiger partial charge is 0.340 e. The average Bonchev–Trinajstić information content (AvgIpc) is 2.81. The van der Waals surface area contributed by atoms with E-state index in [0.717, 1.165) is 50.0 Å². The fourth-order valence-electron chi connectivity index (χ4n) is 4.52. The van der Waals surface area contributed by atoms with Gasteiger partial charge in [-0.3, -0.25) is 14.5 Å². The lowest BCUT2D eigenvalue weighted by atomic mass is 9.94. The van der Waals surface area contributed by atoms with Crippen LogP contribution < -0.4 is 0 Å². The zero-order valence-corrected chi connectivity index (χ0v) is 19.7. The summed E-state index contributed by atoms with van der Waals surface area (Å²) in [5.41, 5.74) is 3.40. The number of likely N-dealkylation sites (tertiary alicyclic amines) is 1. The molecule has 5 nitrogen and oxygen atoms in total. The van der Waals surface area contributed by atoms with Gasteiger partial charge in [0, 0.05) is 61.8 Å². The second-order valence-electron chi connectivity index (χ2n) is 8.60. The second kappa shape index (κ2) is 9.96. The molecule has 2 amide bonds. The summed E-state index contributed by atoms with van der Waals surface area (Å²) in [6.07, 6.45) is 1.51. The number of piperidine rings is 1. The fraction of sp³-hybridized carbons (Fsp3) is 0.440. The molecular formula is C25H30BrN3O2.